The van der Waals surface area contributed by atoms with E-state index in [0.29, 0.717) is 13.2 Å². The molecule has 0 spiro atoms. The third kappa shape index (κ3) is 5.89. The summed E-state index contributed by atoms with van der Waals surface area (Å²) >= 11 is 8.26. The molecule has 1 aromatic carbocycles. The van der Waals surface area contributed by atoms with E-state index in [1.54, 1.807) is 0 Å². The first-order chi connectivity index (χ1) is 8.80. The lowest BCUT2D eigenvalue weighted by molar-refractivity contribution is 0.274. The molecule has 0 aromatic heterocycles. The van der Waals surface area contributed by atoms with Gasteiger partial charge in [0.05, 0.1) is 19.8 Å². The van der Waals surface area contributed by atoms with Gasteiger partial charge in [-0.1, -0.05) is 0 Å². The number of benzene rings is 1. The standard InChI is InChI=1S/C13H20O3S2/c14-10-11-7-12(15-3-1-5-17)9-13(8-11)16-4-2-6-18/h7-9,14,17-18H,1-6,10H2. The molecule has 0 radical (unpaired) electrons. The molecule has 0 amide bonds. The quantitative estimate of drug-likeness (QED) is 0.483. The minimum absolute atomic E-state index is 0.0211. The predicted molar refractivity (Wildman–Crippen MR) is 80.3 cm³/mol. The Morgan fingerprint density at radius 3 is 1.78 bits per heavy atom. The lowest BCUT2D eigenvalue weighted by Gasteiger charge is -2.11. The highest BCUT2D eigenvalue weighted by Crippen LogP contribution is 2.23. The van der Waals surface area contributed by atoms with E-state index in [1.165, 1.54) is 0 Å². The van der Waals surface area contributed by atoms with Crippen LogP contribution in [0.4, 0.5) is 0 Å². The first-order valence-electron chi connectivity index (χ1n) is 6.02. The maximum Gasteiger partial charge on any atom is 0.123 e. The van der Waals surface area contributed by atoms with Crippen molar-refractivity contribution < 1.29 is 14.6 Å². The normalized spacial score (nSPS) is 10.4. The van der Waals surface area contributed by atoms with Crippen LogP contribution in [0.2, 0.25) is 0 Å². The zero-order valence-electron chi connectivity index (χ0n) is 10.3. The third-order valence-corrected chi connectivity index (χ3v) is 2.90. The lowest BCUT2D eigenvalue weighted by Crippen LogP contribution is -2.01. The molecule has 0 unspecified atom stereocenters. The average molecular weight is 288 g/mol. The van der Waals surface area contributed by atoms with Gasteiger partial charge in [-0.05, 0) is 42.0 Å². The number of ether oxygens (including phenoxy) is 2. The molecule has 1 aromatic rings. The topological polar surface area (TPSA) is 38.7 Å². The van der Waals surface area contributed by atoms with Crippen LogP contribution in [0, 0.1) is 0 Å². The minimum atomic E-state index is -0.0211. The van der Waals surface area contributed by atoms with Crippen molar-refractivity contribution in [3.05, 3.63) is 23.8 Å². The second-order valence-electron chi connectivity index (χ2n) is 3.82. The van der Waals surface area contributed by atoms with Crippen LogP contribution in [0.5, 0.6) is 11.5 Å². The zero-order valence-corrected chi connectivity index (χ0v) is 12.1. The smallest absolute Gasteiger partial charge is 0.123 e. The number of thiol groups is 2. The van der Waals surface area contributed by atoms with Gasteiger partial charge in [0, 0.05) is 6.07 Å². The van der Waals surface area contributed by atoms with Gasteiger partial charge in [0.2, 0.25) is 0 Å². The molecule has 0 aliphatic carbocycles. The Balaban J connectivity index is 2.62. The van der Waals surface area contributed by atoms with Crippen molar-refractivity contribution in [3.8, 4) is 11.5 Å². The van der Waals surface area contributed by atoms with Crippen molar-refractivity contribution in [2.45, 2.75) is 19.4 Å². The third-order valence-electron chi connectivity index (χ3n) is 2.26. The zero-order chi connectivity index (χ0) is 13.2. The van der Waals surface area contributed by atoms with Crippen LogP contribution in [-0.2, 0) is 6.61 Å². The molecule has 0 atom stereocenters. The Hall–Kier alpha value is -0.520. The van der Waals surface area contributed by atoms with E-state index in [9.17, 15) is 5.11 Å². The fraction of sp³-hybridized carbons (Fsp3) is 0.538. The summed E-state index contributed by atoms with van der Waals surface area (Å²) in [6, 6.07) is 5.49. The van der Waals surface area contributed by atoms with Crippen molar-refractivity contribution >= 4 is 25.3 Å². The van der Waals surface area contributed by atoms with Crippen LogP contribution in [0.3, 0.4) is 0 Å². The van der Waals surface area contributed by atoms with E-state index in [4.69, 9.17) is 9.47 Å². The van der Waals surface area contributed by atoms with E-state index >= 15 is 0 Å². The summed E-state index contributed by atoms with van der Waals surface area (Å²) in [5, 5.41) is 9.19. The molecule has 0 saturated heterocycles. The Morgan fingerprint density at radius 2 is 1.39 bits per heavy atom. The highest BCUT2D eigenvalue weighted by Gasteiger charge is 2.03. The van der Waals surface area contributed by atoms with E-state index in [0.717, 1.165) is 41.4 Å². The van der Waals surface area contributed by atoms with Gasteiger partial charge in [-0.25, -0.2) is 0 Å². The monoisotopic (exact) mass is 288 g/mol. The molecule has 0 saturated carbocycles. The first-order valence-corrected chi connectivity index (χ1v) is 7.28. The number of rotatable bonds is 9. The molecular formula is C13H20O3S2. The van der Waals surface area contributed by atoms with Gasteiger partial charge < -0.3 is 14.6 Å². The summed E-state index contributed by atoms with van der Waals surface area (Å²) in [5.41, 5.74) is 0.791. The largest absolute Gasteiger partial charge is 0.493 e. The van der Waals surface area contributed by atoms with E-state index in [-0.39, 0.29) is 6.61 Å². The number of hydrogen-bond acceptors (Lipinski definition) is 5. The molecule has 0 heterocycles. The van der Waals surface area contributed by atoms with Gasteiger partial charge in [-0.2, -0.15) is 25.3 Å². The van der Waals surface area contributed by atoms with Crippen LogP contribution >= 0.6 is 25.3 Å². The first kappa shape index (κ1) is 15.5. The van der Waals surface area contributed by atoms with Gasteiger partial charge in [0.25, 0.3) is 0 Å². The molecule has 102 valence electrons. The summed E-state index contributed by atoms with van der Waals surface area (Å²) < 4.78 is 11.2. The molecule has 1 rings (SSSR count). The van der Waals surface area contributed by atoms with Gasteiger partial charge in [-0.3, -0.25) is 0 Å². The van der Waals surface area contributed by atoms with Crippen LogP contribution in [0.15, 0.2) is 18.2 Å². The van der Waals surface area contributed by atoms with Crippen molar-refractivity contribution in [1.29, 1.82) is 0 Å². The maximum absolute atomic E-state index is 9.19. The molecule has 0 aliphatic heterocycles. The molecule has 3 nitrogen and oxygen atoms in total. The molecule has 0 fully saturated rings. The minimum Gasteiger partial charge on any atom is -0.493 e. The second kappa shape index (κ2) is 9.42. The number of hydrogen-bond donors (Lipinski definition) is 3. The van der Waals surface area contributed by atoms with Crippen molar-refractivity contribution in [2.75, 3.05) is 24.7 Å². The fourth-order valence-corrected chi connectivity index (χ4v) is 1.66. The molecular weight excluding hydrogens is 268 g/mol. The SMILES string of the molecule is OCc1cc(OCCCS)cc(OCCCS)c1. The summed E-state index contributed by atoms with van der Waals surface area (Å²) in [7, 11) is 0. The summed E-state index contributed by atoms with van der Waals surface area (Å²) in [4.78, 5) is 0. The molecule has 0 aliphatic rings. The molecule has 18 heavy (non-hydrogen) atoms. The predicted octanol–water partition coefficient (Wildman–Crippen LogP) is 2.58. The Kier molecular flexibility index (Phi) is 8.13. The van der Waals surface area contributed by atoms with Crippen molar-refractivity contribution in [3.63, 3.8) is 0 Å². The lowest BCUT2D eigenvalue weighted by atomic mass is 10.2. The van der Waals surface area contributed by atoms with Crippen LogP contribution in [0.25, 0.3) is 0 Å². The number of aliphatic hydroxyl groups excluding tert-OH is 1. The molecule has 0 bridgehead atoms. The van der Waals surface area contributed by atoms with E-state index in [2.05, 4.69) is 25.3 Å². The summed E-state index contributed by atoms with van der Waals surface area (Å²) in [6.07, 6.45) is 1.78. The van der Waals surface area contributed by atoms with Crippen molar-refractivity contribution in [1.82, 2.24) is 0 Å². The van der Waals surface area contributed by atoms with Gasteiger partial charge in [-0.15, -0.1) is 0 Å². The molecule has 5 heteroatoms. The van der Waals surface area contributed by atoms with Gasteiger partial charge in [0.1, 0.15) is 11.5 Å². The second-order valence-corrected chi connectivity index (χ2v) is 4.72. The fourth-order valence-electron chi connectivity index (χ4n) is 1.40. The summed E-state index contributed by atoms with van der Waals surface area (Å²) in [5.74, 6) is 3.05. The van der Waals surface area contributed by atoms with Crippen molar-refractivity contribution in [2.24, 2.45) is 0 Å². The van der Waals surface area contributed by atoms with E-state index in [1.807, 2.05) is 18.2 Å². The van der Waals surface area contributed by atoms with Crippen LogP contribution in [-0.4, -0.2) is 29.8 Å². The van der Waals surface area contributed by atoms with Gasteiger partial charge in [0.15, 0.2) is 0 Å². The maximum atomic E-state index is 9.19. The van der Waals surface area contributed by atoms with E-state index < -0.39 is 0 Å². The number of aliphatic hydroxyl groups is 1. The average Bonchev–Trinajstić information content (AvgIpc) is 2.39. The van der Waals surface area contributed by atoms with Crippen LogP contribution in [0.1, 0.15) is 18.4 Å². The van der Waals surface area contributed by atoms with Crippen LogP contribution < -0.4 is 9.47 Å². The highest BCUT2D eigenvalue weighted by atomic mass is 32.1. The highest BCUT2D eigenvalue weighted by molar-refractivity contribution is 7.80. The Morgan fingerprint density at radius 1 is 0.889 bits per heavy atom. The summed E-state index contributed by atoms with van der Waals surface area (Å²) in [6.45, 7) is 1.22. The Labute approximate surface area is 119 Å². The van der Waals surface area contributed by atoms with Gasteiger partial charge >= 0.3 is 0 Å². The molecule has 1 N–H and O–H groups in total. The Bertz CT molecular complexity index is 317.